The van der Waals surface area contributed by atoms with Crippen molar-refractivity contribution in [2.45, 2.75) is 69.6 Å². The number of nitrogens with two attached hydrogens (primary N) is 1. The molecule has 5 amide bonds. The van der Waals surface area contributed by atoms with Crippen LogP contribution in [0.15, 0.2) is 42.7 Å². The lowest BCUT2D eigenvalue weighted by Gasteiger charge is -2.41. The number of carbonyl (C=O) groups is 5. The highest BCUT2D eigenvalue weighted by atomic mass is 35.5. The van der Waals surface area contributed by atoms with Crippen molar-refractivity contribution in [1.82, 2.24) is 24.7 Å². The van der Waals surface area contributed by atoms with Crippen LogP contribution in [-0.4, -0.2) is 118 Å². The fourth-order valence-corrected chi connectivity index (χ4v) is 9.15. The average Bonchev–Trinajstić information content (AvgIpc) is 3.46. The van der Waals surface area contributed by atoms with Crippen molar-refractivity contribution in [3.8, 4) is 11.8 Å². The highest BCUT2D eigenvalue weighted by Gasteiger charge is 2.49. The van der Waals surface area contributed by atoms with Crippen LogP contribution in [0.5, 0.6) is 5.75 Å². The number of amides is 5. The second-order valence-electron chi connectivity index (χ2n) is 15.6. The third kappa shape index (κ3) is 7.68. The number of fused-ring (bicyclic) bond motifs is 1. The van der Waals surface area contributed by atoms with Gasteiger partial charge in [-0.2, -0.15) is 5.26 Å². The van der Waals surface area contributed by atoms with Gasteiger partial charge in [-0.25, -0.2) is 14.4 Å². The SMILES string of the molecule is N#Cc1ccc(OC2CCC(N3C(=O)CCC(N4C(=O)c5cc(F)c(N6CCN(CC7CCN(c8ncc(C(N)=O)cn8)CC7)CC6)cc5C4=O)C3=O)CC2)cc1Cl. The molecule has 1 unspecified atom stereocenters. The van der Waals surface area contributed by atoms with Crippen molar-refractivity contribution >= 4 is 52.8 Å². The van der Waals surface area contributed by atoms with Crippen molar-refractivity contribution in [3.63, 3.8) is 0 Å². The highest BCUT2D eigenvalue weighted by molar-refractivity contribution is 6.31. The number of imide groups is 2. The van der Waals surface area contributed by atoms with Gasteiger partial charge in [-0.05, 0) is 75.1 Å². The van der Waals surface area contributed by atoms with Gasteiger partial charge in [0.2, 0.25) is 11.9 Å². The van der Waals surface area contributed by atoms with E-state index in [2.05, 4.69) is 19.8 Å². The minimum absolute atomic E-state index is 0.00565. The Morgan fingerprint density at radius 2 is 1.53 bits per heavy atom. The average molecular weight is 812 g/mol. The van der Waals surface area contributed by atoms with Crippen LogP contribution in [0.4, 0.5) is 16.0 Å². The largest absolute Gasteiger partial charge is 0.490 e. The summed E-state index contributed by atoms with van der Waals surface area (Å²) in [5, 5.41) is 9.43. The topological polar surface area (TPSA) is 186 Å². The summed E-state index contributed by atoms with van der Waals surface area (Å²) in [6.45, 7) is 4.95. The standard InChI is InChI=1S/C41H43ClFN9O6/c42-32-17-29(4-1-25(32)20-44)58-28-5-2-27(3-6-28)51-36(53)8-7-34(40(51)57)52-38(55)30-18-33(43)35(19-31(30)39(52)56)49-15-13-48(14-16-49)23-24-9-11-50(12-10-24)41-46-21-26(22-47-41)37(45)54/h1,4,17-19,21-22,24,27-28,34H,2-3,5-16,23H2,(H2,45,54). The Hall–Kier alpha value is -5.66. The lowest BCUT2D eigenvalue weighted by molar-refractivity contribution is -0.155. The first-order chi connectivity index (χ1) is 28.0. The third-order valence-corrected chi connectivity index (χ3v) is 12.5. The number of rotatable bonds is 9. The lowest BCUT2D eigenvalue weighted by Crippen LogP contribution is -2.59. The molecule has 3 saturated heterocycles. The molecule has 5 aliphatic rings. The molecule has 58 heavy (non-hydrogen) atoms. The minimum atomic E-state index is -1.17. The van der Waals surface area contributed by atoms with Gasteiger partial charge in [-0.15, -0.1) is 0 Å². The van der Waals surface area contributed by atoms with Crippen LogP contribution in [0.25, 0.3) is 0 Å². The number of likely N-dealkylation sites (tertiary alicyclic amines) is 1. The van der Waals surface area contributed by atoms with Gasteiger partial charge in [-0.3, -0.25) is 38.7 Å². The number of hydrogen-bond donors (Lipinski definition) is 1. The van der Waals surface area contributed by atoms with Crippen molar-refractivity contribution in [3.05, 3.63) is 75.8 Å². The van der Waals surface area contributed by atoms with Gasteiger partial charge in [0.15, 0.2) is 0 Å². The maximum Gasteiger partial charge on any atom is 0.262 e. The molecule has 1 aromatic heterocycles. The monoisotopic (exact) mass is 811 g/mol. The number of carbonyl (C=O) groups excluding carboxylic acids is 5. The normalized spacial score (nSPS) is 23.3. The Balaban J connectivity index is 0.854. The highest BCUT2D eigenvalue weighted by Crippen LogP contribution is 2.36. The number of nitriles is 1. The maximum atomic E-state index is 15.7. The number of benzene rings is 2. The predicted octanol–water partition coefficient (Wildman–Crippen LogP) is 3.78. The number of primary amides is 1. The first-order valence-corrected chi connectivity index (χ1v) is 20.1. The molecule has 4 aliphatic heterocycles. The minimum Gasteiger partial charge on any atom is -0.490 e. The van der Waals surface area contributed by atoms with Gasteiger partial charge < -0.3 is 20.3 Å². The lowest BCUT2D eigenvalue weighted by atomic mass is 9.89. The molecule has 15 nitrogen and oxygen atoms in total. The molecule has 0 radical (unpaired) electrons. The smallest absolute Gasteiger partial charge is 0.262 e. The molecule has 1 atom stereocenters. The quantitative estimate of drug-likeness (QED) is 0.309. The van der Waals surface area contributed by atoms with E-state index in [9.17, 15) is 24.0 Å². The number of ether oxygens (including phenoxy) is 1. The molecule has 2 N–H and O–H groups in total. The molecule has 0 bridgehead atoms. The van der Waals surface area contributed by atoms with Crippen LogP contribution in [0.1, 0.15) is 88.0 Å². The van der Waals surface area contributed by atoms with Gasteiger partial charge in [-0.1, -0.05) is 11.6 Å². The Kier molecular flexibility index (Phi) is 11.0. The van der Waals surface area contributed by atoms with E-state index in [1.807, 2.05) is 11.0 Å². The zero-order chi connectivity index (χ0) is 40.7. The van der Waals surface area contributed by atoms with Gasteiger partial charge >= 0.3 is 0 Å². The van der Waals surface area contributed by atoms with Gasteiger partial charge in [0, 0.05) is 76.7 Å². The third-order valence-electron chi connectivity index (χ3n) is 12.1. The van der Waals surface area contributed by atoms with E-state index < -0.39 is 41.5 Å². The van der Waals surface area contributed by atoms with Crippen LogP contribution in [-0.2, 0) is 9.59 Å². The van der Waals surface area contributed by atoms with Crippen molar-refractivity contribution in [2.24, 2.45) is 11.7 Å². The van der Waals surface area contributed by atoms with E-state index in [4.69, 9.17) is 27.3 Å². The Labute approximate surface area is 339 Å². The number of halogens is 2. The number of piperazine rings is 1. The van der Waals surface area contributed by atoms with Gasteiger partial charge in [0.1, 0.15) is 23.7 Å². The van der Waals surface area contributed by atoms with Crippen LogP contribution < -0.4 is 20.3 Å². The van der Waals surface area contributed by atoms with Crippen LogP contribution in [0.2, 0.25) is 5.02 Å². The molecular formula is C41H43ClFN9O6. The van der Waals surface area contributed by atoms with Crippen LogP contribution in [0.3, 0.4) is 0 Å². The van der Waals surface area contributed by atoms with E-state index in [-0.39, 0.29) is 47.2 Å². The molecule has 5 heterocycles. The second kappa shape index (κ2) is 16.3. The van der Waals surface area contributed by atoms with E-state index >= 15 is 4.39 Å². The van der Waals surface area contributed by atoms with Crippen molar-refractivity contribution in [1.29, 1.82) is 5.26 Å². The summed E-state index contributed by atoms with van der Waals surface area (Å²) in [6.07, 6.45) is 6.69. The van der Waals surface area contributed by atoms with Crippen molar-refractivity contribution in [2.75, 3.05) is 55.6 Å². The Morgan fingerprint density at radius 3 is 2.17 bits per heavy atom. The molecule has 302 valence electrons. The van der Waals surface area contributed by atoms with Crippen molar-refractivity contribution < 1.29 is 33.1 Å². The zero-order valence-corrected chi connectivity index (χ0v) is 32.6. The van der Waals surface area contributed by atoms with E-state index in [1.165, 1.54) is 23.4 Å². The maximum absolute atomic E-state index is 15.7. The summed E-state index contributed by atoms with van der Waals surface area (Å²) in [5.41, 5.74) is 6.13. The summed E-state index contributed by atoms with van der Waals surface area (Å²) < 4.78 is 21.8. The summed E-state index contributed by atoms with van der Waals surface area (Å²) in [6, 6.07) is 7.83. The molecule has 17 heteroatoms. The molecular weight excluding hydrogens is 769 g/mol. The fourth-order valence-electron chi connectivity index (χ4n) is 8.94. The first kappa shape index (κ1) is 39.2. The van der Waals surface area contributed by atoms with Crippen LogP contribution in [0, 0.1) is 23.1 Å². The first-order valence-electron chi connectivity index (χ1n) is 19.8. The number of anilines is 2. The van der Waals surface area contributed by atoms with Gasteiger partial charge in [0.05, 0.1) is 39.1 Å². The molecule has 3 aromatic rings. The summed E-state index contributed by atoms with van der Waals surface area (Å²) in [5.74, 6) is -1.93. The molecule has 2 aromatic carbocycles. The number of hydrogen-bond acceptors (Lipinski definition) is 12. The fraction of sp³-hybridized carbons (Fsp3) is 0.463. The van der Waals surface area contributed by atoms with Gasteiger partial charge in [0.25, 0.3) is 23.6 Å². The zero-order valence-electron chi connectivity index (χ0n) is 31.8. The number of piperidine rings is 2. The molecule has 8 rings (SSSR count). The number of aromatic nitrogens is 2. The summed E-state index contributed by atoms with van der Waals surface area (Å²) in [7, 11) is 0. The Morgan fingerprint density at radius 1 is 0.862 bits per heavy atom. The van der Waals surface area contributed by atoms with E-state index in [0.717, 1.165) is 43.4 Å². The summed E-state index contributed by atoms with van der Waals surface area (Å²) in [4.78, 5) is 83.2. The predicted molar refractivity (Wildman–Crippen MR) is 209 cm³/mol. The molecule has 4 fully saturated rings. The van der Waals surface area contributed by atoms with E-state index in [1.54, 1.807) is 18.2 Å². The molecule has 1 saturated carbocycles. The molecule has 0 spiro atoms. The second-order valence-corrected chi connectivity index (χ2v) is 16.0. The van der Waals surface area contributed by atoms with E-state index in [0.29, 0.717) is 80.1 Å². The van der Waals surface area contributed by atoms with Crippen LogP contribution >= 0.6 is 11.6 Å². The Bertz CT molecular complexity index is 2180. The number of nitrogens with zero attached hydrogens (tertiary/aromatic N) is 8. The molecule has 1 aliphatic carbocycles. The summed E-state index contributed by atoms with van der Waals surface area (Å²) >= 11 is 6.16.